The fraction of sp³-hybridized carbons (Fsp3) is 0.375. The summed E-state index contributed by atoms with van der Waals surface area (Å²) in [6.07, 6.45) is 3.24. The van der Waals surface area contributed by atoms with Crippen molar-refractivity contribution < 1.29 is 22.8 Å². The van der Waals surface area contributed by atoms with Crippen molar-refractivity contribution >= 4 is 33.4 Å². The molecular formula is C24H27N3O5S. The first-order chi connectivity index (χ1) is 15.8. The van der Waals surface area contributed by atoms with Crippen molar-refractivity contribution in [2.75, 3.05) is 11.9 Å². The molecule has 174 valence electrons. The molecule has 3 amide bonds. The quantitative estimate of drug-likeness (QED) is 0.655. The molecule has 0 aromatic heterocycles. The van der Waals surface area contributed by atoms with Gasteiger partial charge in [-0.25, -0.2) is 8.42 Å². The maximum Gasteiger partial charge on any atom is 0.255 e. The van der Waals surface area contributed by atoms with Crippen molar-refractivity contribution in [2.45, 2.75) is 56.5 Å². The molecule has 1 unspecified atom stereocenters. The van der Waals surface area contributed by atoms with Crippen molar-refractivity contribution in [3.8, 4) is 0 Å². The van der Waals surface area contributed by atoms with E-state index in [4.69, 9.17) is 0 Å². The Balaban J connectivity index is 1.39. The molecular weight excluding hydrogens is 442 g/mol. The number of piperidine rings is 1. The molecule has 2 saturated heterocycles. The molecule has 4 rings (SSSR count). The summed E-state index contributed by atoms with van der Waals surface area (Å²) in [6.45, 7) is 2.66. The Kier molecular flexibility index (Phi) is 6.62. The lowest BCUT2D eigenvalue weighted by molar-refractivity contribution is -0.139. The van der Waals surface area contributed by atoms with Gasteiger partial charge in [0, 0.05) is 36.7 Å². The standard InChI is InChI=1S/C24H27N3O5S/c1-17-4-2-3-15-27(17)33(31,32)21-11-7-19(8-12-21)24(30)25-20-9-5-18(6-10-20)16-26-22(28)13-14-23(26)29/h5-12,17H,2-4,13-16H2,1H3,(H,25,30). The number of anilines is 1. The van der Waals surface area contributed by atoms with Gasteiger partial charge in [0.2, 0.25) is 21.8 Å². The Hall–Kier alpha value is -3.04. The number of carbonyl (C=O) groups is 3. The van der Waals surface area contributed by atoms with Crippen LogP contribution in [0.2, 0.25) is 0 Å². The normalized spacial score (nSPS) is 19.7. The van der Waals surface area contributed by atoms with E-state index in [1.54, 1.807) is 24.3 Å². The van der Waals surface area contributed by atoms with Gasteiger partial charge in [-0.3, -0.25) is 19.3 Å². The summed E-state index contributed by atoms with van der Waals surface area (Å²) >= 11 is 0. The van der Waals surface area contributed by atoms with Crippen molar-refractivity contribution in [2.24, 2.45) is 0 Å². The van der Waals surface area contributed by atoms with Gasteiger partial charge in [0.05, 0.1) is 11.4 Å². The van der Waals surface area contributed by atoms with Crippen LogP contribution >= 0.6 is 0 Å². The zero-order chi connectivity index (χ0) is 23.6. The highest BCUT2D eigenvalue weighted by molar-refractivity contribution is 7.89. The summed E-state index contributed by atoms with van der Waals surface area (Å²) in [6, 6.07) is 12.8. The smallest absolute Gasteiger partial charge is 0.255 e. The molecule has 2 aliphatic rings. The Bertz CT molecular complexity index is 1140. The third kappa shape index (κ3) is 4.99. The molecule has 2 aliphatic heterocycles. The monoisotopic (exact) mass is 469 g/mol. The van der Waals surface area contributed by atoms with Crippen molar-refractivity contribution in [3.63, 3.8) is 0 Å². The highest BCUT2D eigenvalue weighted by Crippen LogP contribution is 2.25. The largest absolute Gasteiger partial charge is 0.322 e. The Labute approximate surface area is 193 Å². The van der Waals surface area contributed by atoms with Crippen LogP contribution in [0, 0.1) is 0 Å². The Morgan fingerprint density at radius 1 is 0.970 bits per heavy atom. The third-order valence-electron chi connectivity index (χ3n) is 6.17. The summed E-state index contributed by atoms with van der Waals surface area (Å²) in [5.41, 5.74) is 1.69. The van der Waals surface area contributed by atoms with Gasteiger partial charge in [0.25, 0.3) is 5.91 Å². The van der Waals surface area contributed by atoms with E-state index in [0.29, 0.717) is 17.8 Å². The summed E-state index contributed by atoms with van der Waals surface area (Å²) in [5.74, 6) is -0.696. The number of likely N-dealkylation sites (tertiary alicyclic amines) is 1. The van der Waals surface area contributed by atoms with Gasteiger partial charge in [-0.1, -0.05) is 18.6 Å². The van der Waals surface area contributed by atoms with Crippen LogP contribution in [0.4, 0.5) is 5.69 Å². The fourth-order valence-electron chi connectivity index (χ4n) is 4.22. The molecule has 9 heteroatoms. The lowest BCUT2D eigenvalue weighted by Crippen LogP contribution is -2.41. The van der Waals surface area contributed by atoms with E-state index in [2.05, 4.69) is 5.32 Å². The lowest BCUT2D eigenvalue weighted by atomic mass is 10.1. The van der Waals surface area contributed by atoms with E-state index < -0.39 is 10.0 Å². The average molecular weight is 470 g/mol. The van der Waals surface area contributed by atoms with Gasteiger partial charge >= 0.3 is 0 Å². The first-order valence-electron chi connectivity index (χ1n) is 11.1. The fourth-order valence-corrected chi connectivity index (χ4v) is 5.92. The predicted molar refractivity (Wildman–Crippen MR) is 123 cm³/mol. The van der Waals surface area contributed by atoms with E-state index in [1.165, 1.54) is 33.5 Å². The number of rotatable bonds is 6. The summed E-state index contributed by atoms with van der Waals surface area (Å²) < 4.78 is 27.4. The second kappa shape index (κ2) is 9.44. The molecule has 0 aliphatic carbocycles. The molecule has 2 heterocycles. The first-order valence-corrected chi connectivity index (χ1v) is 12.5. The molecule has 2 aromatic carbocycles. The van der Waals surface area contributed by atoms with Crippen molar-refractivity contribution in [3.05, 3.63) is 59.7 Å². The van der Waals surface area contributed by atoms with Gasteiger partial charge in [-0.2, -0.15) is 4.31 Å². The number of carbonyl (C=O) groups excluding carboxylic acids is 3. The molecule has 2 fully saturated rings. The minimum atomic E-state index is -3.59. The van der Waals surface area contributed by atoms with E-state index in [1.807, 2.05) is 6.92 Å². The zero-order valence-corrected chi connectivity index (χ0v) is 19.3. The van der Waals surface area contributed by atoms with Crippen LogP contribution in [-0.4, -0.2) is 47.9 Å². The number of benzene rings is 2. The number of nitrogens with zero attached hydrogens (tertiary/aromatic N) is 2. The van der Waals surface area contributed by atoms with Crippen molar-refractivity contribution in [1.82, 2.24) is 9.21 Å². The second-order valence-electron chi connectivity index (χ2n) is 8.51. The van der Waals surface area contributed by atoms with Crippen LogP contribution in [-0.2, 0) is 26.2 Å². The highest BCUT2D eigenvalue weighted by Gasteiger charge is 2.31. The third-order valence-corrected chi connectivity index (χ3v) is 8.20. The van der Waals surface area contributed by atoms with E-state index in [9.17, 15) is 22.8 Å². The lowest BCUT2D eigenvalue weighted by Gasteiger charge is -2.32. The number of imide groups is 1. The van der Waals surface area contributed by atoms with Crippen LogP contribution < -0.4 is 5.32 Å². The van der Waals surface area contributed by atoms with Crippen LogP contribution in [0.25, 0.3) is 0 Å². The summed E-state index contributed by atoms with van der Waals surface area (Å²) in [4.78, 5) is 37.6. The highest BCUT2D eigenvalue weighted by atomic mass is 32.2. The van der Waals surface area contributed by atoms with Crippen LogP contribution in [0.15, 0.2) is 53.4 Å². The average Bonchev–Trinajstić information content (AvgIpc) is 3.12. The van der Waals surface area contributed by atoms with Crippen LogP contribution in [0.5, 0.6) is 0 Å². The maximum absolute atomic E-state index is 12.9. The Morgan fingerprint density at radius 2 is 1.61 bits per heavy atom. The molecule has 33 heavy (non-hydrogen) atoms. The van der Waals surface area contributed by atoms with E-state index in [-0.39, 0.29) is 48.0 Å². The van der Waals surface area contributed by atoms with Crippen LogP contribution in [0.1, 0.15) is 54.9 Å². The molecule has 0 bridgehead atoms. The SMILES string of the molecule is CC1CCCCN1S(=O)(=O)c1ccc(C(=O)Nc2ccc(CN3C(=O)CCC3=O)cc2)cc1. The minimum absolute atomic E-state index is 0.0311. The zero-order valence-electron chi connectivity index (χ0n) is 18.5. The number of sulfonamides is 1. The predicted octanol–water partition coefficient (Wildman–Crippen LogP) is 3.15. The number of hydrogen-bond acceptors (Lipinski definition) is 5. The molecule has 1 N–H and O–H groups in total. The molecule has 0 radical (unpaired) electrons. The number of nitrogens with one attached hydrogen (secondary N) is 1. The molecule has 0 spiro atoms. The van der Waals surface area contributed by atoms with Gasteiger partial charge in [-0.15, -0.1) is 0 Å². The van der Waals surface area contributed by atoms with Gasteiger partial charge < -0.3 is 5.32 Å². The maximum atomic E-state index is 12.9. The minimum Gasteiger partial charge on any atom is -0.322 e. The van der Waals surface area contributed by atoms with E-state index in [0.717, 1.165) is 24.8 Å². The summed E-state index contributed by atoms with van der Waals surface area (Å²) in [7, 11) is -3.59. The molecule has 2 aromatic rings. The molecule has 0 saturated carbocycles. The van der Waals surface area contributed by atoms with Gasteiger partial charge in [0.1, 0.15) is 0 Å². The number of hydrogen-bond donors (Lipinski definition) is 1. The molecule has 8 nitrogen and oxygen atoms in total. The van der Waals surface area contributed by atoms with E-state index >= 15 is 0 Å². The topological polar surface area (TPSA) is 104 Å². The van der Waals surface area contributed by atoms with Gasteiger partial charge in [-0.05, 0) is 61.7 Å². The second-order valence-corrected chi connectivity index (χ2v) is 10.4. The summed E-state index contributed by atoms with van der Waals surface area (Å²) in [5, 5.41) is 2.78. The van der Waals surface area contributed by atoms with Crippen LogP contribution in [0.3, 0.4) is 0 Å². The first kappa shape index (κ1) is 23.1. The van der Waals surface area contributed by atoms with Crippen molar-refractivity contribution in [1.29, 1.82) is 0 Å². The van der Waals surface area contributed by atoms with Gasteiger partial charge in [0.15, 0.2) is 0 Å². The Morgan fingerprint density at radius 3 is 2.21 bits per heavy atom. The molecule has 1 atom stereocenters. The number of amides is 3.